The van der Waals surface area contributed by atoms with Gasteiger partial charge in [0.2, 0.25) is 0 Å². The summed E-state index contributed by atoms with van der Waals surface area (Å²) in [5.41, 5.74) is 4.39. The van der Waals surface area contributed by atoms with E-state index >= 15 is 0 Å². The molecule has 0 radical (unpaired) electrons. The van der Waals surface area contributed by atoms with Crippen molar-refractivity contribution in [2.45, 2.75) is 83.8 Å². The number of esters is 1. The lowest BCUT2D eigenvalue weighted by molar-refractivity contribution is -0.0316. The van der Waals surface area contributed by atoms with Gasteiger partial charge in [-0.05, 0) is 87.2 Å². The Hall–Kier alpha value is -1.61. The molecule has 3 fully saturated rings. The molecule has 0 saturated heterocycles. The summed E-state index contributed by atoms with van der Waals surface area (Å²) in [5, 5.41) is 10.2. The Labute approximate surface area is 174 Å². The lowest BCUT2D eigenvalue weighted by atomic mass is 9.53. The van der Waals surface area contributed by atoms with Crippen molar-refractivity contribution < 1.29 is 14.6 Å². The van der Waals surface area contributed by atoms with Crippen LogP contribution in [0.5, 0.6) is 0 Å². The van der Waals surface area contributed by atoms with Gasteiger partial charge in [-0.15, -0.1) is 0 Å². The van der Waals surface area contributed by atoms with Crippen LogP contribution in [0.25, 0.3) is 0 Å². The second-order valence-corrected chi connectivity index (χ2v) is 10.6. The van der Waals surface area contributed by atoms with E-state index in [1.807, 2.05) is 30.3 Å². The molecule has 0 spiro atoms. The summed E-state index contributed by atoms with van der Waals surface area (Å²) < 4.78 is 6.10. The largest absolute Gasteiger partial charge is 0.458 e. The fourth-order valence-corrected chi connectivity index (χ4v) is 7.42. The zero-order chi connectivity index (χ0) is 20.2. The highest BCUT2D eigenvalue weighted by Gasteiger charge is 2.56. The summed E-state index contributed by atoms with van der Waals surface area (Å²) in [6.45, 7) is 4.77. The number of benzene rings is 1. The van der Waals surface area contributed by atoms with Crippen molar-refractivity contribution >= 4 is 5.97 Å². The van der Waals surface area contributed by atoms with E-state index < -0.39 is 0 Å². The molecule has 3 nitrogen and oxygen atoms in total. The molecule has 1 N–H and O–H groups in total. The van der Waals surface area contributed by atoms with Crippen molar-refractivity contribution in [3.05, 3.63) is 47.0 Å². The Morgan fingerprint density at radius 3 is 2.62 bits per heavy atom. The van der Waals surface area contributed by atoms with Crippen LogP contribution >= 0.6 is 0 Å². The molecule has 3 saturated carbocycles. The third-order valence-electron chi connectivity index (χ3n) is 8.98. The summed E-state index contributed by atoms with van der Waals surface area (Å²) in [5.74, 6) is 1.12. The van der Waals surface area contributed by atoms with Gasteiger partial charge in [0.1, 0.15) is 6.10 Å². The molecule has 29 heavy (non-hydrogen) atoms. The normalized spacial score (nSPS) is 41.3. The van der Waals surface area contributed by atoms with E-state index in [1.165, 1.54) is 19.3 Å². The van der Waals surface area contributed by atoms with Crippen molar-refractivity contribution in [2.75, 3.05) is 0 Å². The number of aliphatic hydroxyl groups is 1. The fourth-order valence-electron chi connectivity index (χ4n) is 7.42. The average Bonchev–Trinajstić information content (AvgIpc) is 3.04. The zero-order valence-corrected chi connectivity index (χ0v) is 17.8. The quantitative estimate of drug-likeness (QED) is 0.518. The minimum absolute atomic E-state index is 0.0354. The molecule has 156 valence electrons. The molecule has 4 aliphatic rings. The van der Waals surface area contributed by atoms with E-state index in [-0.39, 0.29) is 29.0 Å². The van der Waals surface area contributed by atoms with Crippen LogP contribution in [-0.2, 0) is 4.74 Å². The molecule has 6 atom stereocenters. The molecule has 0 heterocycles. The van der Waals surface area contributed by atoms with Gasteiger partial charge in [-0.1, -0.05) is 43.2 Å². The maximum atomic E-state index is 12.7. The molecule has 4 aliphatic carbocycles. The van der Waals surface area contributed by atoms with Crippen molar-refractivity contribution in [3.8, 4) is 0 Å². The van der Waals surface area contributed by atoms with Crippen LogP contribution in [0.2, 0.25) is 0 Å². The number of carbonyl (C=O) groups is 1. The SMILES string of the molecule is C[C@]12CC[C@@H]3C(=C1CC[C@H](O)C2)CC[C@]1(C)[C@@H](OC(=O)c2ccccc2)CC[C@@H]31. The second kappa shape index (κ2) is 6.97. The third kappa shape index (κ3) is 3.08. The van der Waals surface area contributed by atoms with Crippen LogP contribution in [0.1, 0.15) is 82.0 Å². The molecule has 0 unspecified atom stereocenters. The number of carbonyl (C=O) groups excluding carboxylic acids is 1. The predicted molar refractivity (Wildman–Crippen MR) is 113 cm³/mol. The molecule has 5 rings (SSSR count). The van der Waals surface area contributed by atoms with E-state index in [9.17, 15) is 9.90 Å². The highest BCUT2D eigenvalue weighted by Crippen LogP contribution is 2.63. The number of aliphatic hydroxyl groups excluding tert-OH is 1. The van der Waals surface area contributed by atoms with E-state index in [1.54, 1.807) is 11.1 Å². The van der Waals surface area contributed by atoms with Gasteiger partial charge < -0.3 is 9.84 Å². The molecular formula is C26H34O3. The Kier molecular flexibility index (Phi) is 4.66. The van der Waals surface area contributed by atoms with Gasteiger partial charge in [0, 0.05) is 5.41 Å². The van der Waals surface area contributed by atoms with Crippen molar-refractivity contribution in [2.24, 2.45) is 22.7 Å². The van der Waals surface area contributed by atoms with Crippen LogP contribution < -0.4 is 0 Å². The lowest BCUT2D eigenvalue weighted by Crippen LogP contribution is -2.46. The number of hydrogen-bond donors (Lipinski definition) is 1. The zero-order valence-electron chi connectivity index (χ0n) is 17.8. The summed E-state index contributed by atoms with van der Waals surface area (Å²) in [6, 6.07) is 9.42. The first-order valence-corrected chi connectivity index (χ1v) is 11.6. The van der Waals surface area contributed by atoms with E-state index in [0.29, 0.717) is 17.4 Å². The Bertz CT molecular complexity index is 828. The monoisotopic (exact) mass is 394 g/mol. The lowest BCUT2D eigenvalue weighted by Gasteiger charge is -2.53. The van der Waals surface area contributed by atoms with E-state index in [0.717, 1.165) is 38.5 Å². The number of allylic oxidation sites excluding steroid dienone is 2. The summed E-state index contributed by atoms with van der Waals surface area (Å²) in [4.78, 5) is 12.7. The summed E-state index contributed by atoms with van der Waals surface area (Å²) >= 11 is 0. The number of rotatable bonds is 2. The average molecular weight is 395 g/mol. The number of fused-ring (bicyclic) bond motifs is 4. The molecule has 1 aromatic carbocycles. The minimum Gasteiger partial charge on any atom is -0.458 e. The second-order valence-electron chi connectivity index (χ2n) is 10.6. The van der Waals surface area contributed by atoms with Gasteiger partial charge in [-0.25, -0.2) is 4.79 Å². The molecule has 0 aromatic heterocycles. The molecular weight excluding hydrogens is 360 g/mol. The molecule has 0 amide bonds. The Balaban J connectivity index is 1.38. The van der Waals surface area contributed by atoms with Gasteiger partial charge in [0.15, 0.2) is 0 Å². The Morgan fingerprint density at radius 2 is 1.83 bits per heavy atom. The highest BCUT2D eigenvalue weighted by molar-refractivity contribution is 5.89. The number of hydrogen-bond acceptors (Lipinski definition) is 3. The van der Waals surface area contributed by atoms with E-state index in [2.05, 4.69) is 13.8 Å². The van der Waals surface area contributed by atoms with Gasteiger partial charge in [-0.3, -0.25) is 0 Å². The standard InChI is InChI=1S/C26H34O3/c1-25-14-12-20-19(21(25)9-8-18(27)16-25)13-15-26(2)22(20)10-11-23(26)29-24(28)17-6-4-3-5-7-17/h3-7,18,20,22-23,27H,8-16H2,1-2H3/t18-,20+,22-,23-,25+,26-/m0/s1. The summed E-state index contributed by atoms with van der Waals surface area (Å²) in [7, 11) is 0. The van der Waals surface area contributed by atoms with Crippen molar-refractivity contribution in [3.63, 3.8) is 0 Å². The van der Waals surface area contributed by atoms with Gasteiger partial charge in [-0.2, -0.15) is 0 Å². The third-order valence-corrected chi connectivity index (χ3v) is 8.98. The van der Waals surface area contributed by atoms with Crippen LogP contribution in [0.4, 0.5) is 0 Å². The Morgan fingerprint density at radius 1 is 1.03 bits per heavy atom. The van der Waals surface area contributed by atoms with E-state index in [4.69, 9.17) is 4.74 Å². The fraction of sp³-hybridized carbons (Fsp3) is 0.654. The maximum Gasteiger partial charge on any atom is 0.338 e. The van der Waals surface area contributed by atoms with Gasteiger partial charge >= 0.3 is 5.97 Å². The van der Waals surface area contributed by atoms with Crippen LogP contribution in [-0.4, -0.2) is 23.3 Å². The first-order chi connectivity index (χ1) is 13.9. The topological polar surface area (TPSA) is 46.5 Å². The van der Waals surface area contributed by atoms with Gasteiger partial charge in [0.25, 0.3) is 0 Å². The number of ether oxygens (including phenoxy) is 1. The molecule has 3 heteroatoms. The first-order valence-electron chi connectivity index (χ1n) is 11.6. The molecule has 0 aliphatic heterocycles. The minimum atomic E-state index is -0.167. The highest BCUT2D eigenvalue weighted by atomic mass is 16.5. The first kappa shape index (κ1) is 19.4. The van der Waals surface area contributed by atoms with Crippen LogP contribution in [0.3, 0.4) is 0 Å². The predicted octanol–water partition coefficient (Wildman–Crippen LogP) is 5.68. The van der Waals surface area contributed by atoms with Crippen molar-refractivity contribution in [1.82, 2.24) is 0 Å². The smallest absolute Gasteiger partial charge is 0.338 e. The molecule has 1 aromatic rings. The van der Waals surface area contributed by atoms with Crippen molar-refractivity contribution in [1.29, 1.82) is 0 Å². The van der Waals surface area contributed by atoms with Crippen LogP contribution in [0.15, 0.2) is 41.5 Å². The molecule has 0 bridgehead atoms. The maximum absolute atomic E-state index is 12.7. The summed E-state index contributed by atoms with van der Waals surface area (Å²) in [6.07, 6.45) is 9.75. The van der Waals surface area contributed by atoms with Crippen LogP contribution in [0, 0.1) is 22.7 Å². The van der Waals surface area contributed by atoms with Gasteiger partial charge in [0.05, 0.1) is 11.7 Å².